The maximum atomic E-state index is 11.2. The van der Waals surface area contributed by atoms with Crippen molar-refractivity contribution in [3.63, 3.8) is 0 Å². The van der Waals surface area contributed by atoms with Crippen LogP contribution in [-0.4, -0.2) is 54.2 Å². The summed E-state index contributed by atoms with van der Waals surface area (Å²) in [4.78, 5) is 23.8. The van der Waals surface area contributed by atoms with E-state index in [1.54, 1.807) is 30.0 Å². The summed E-state index contributed by atoms with van der Waals surface area (Å²) in [6.07, 6.45) is 0. The van der Waals surface area contributed by atoms with E-state index in [4.69, 9.17) is 33.0 Å². The standard InChI is InChI=1S/C15H20Cl2N2O4/c1-10(15(21)22)19(6-5-18-11(2)20)7-8-23-14-4-3-12(16)9-13(14)17/h3-4,9-10H,5-8H2,1-2H3,(H,18,20)(H,21,22). The molecule has 1 atom stereocenters. The molecule has 0 aliphatic rings. The molecule has 0 saturated carbocycles. The molecule has 0 radical (unpaired) electrons. The first kappa shape index (κ1) is 19.5. The Labute approximate surface area is 145 Å². The highest BCUT2D eigenvalue weighted by molar-refractivity contribution is 6.35. The van der Waals surface area contributed by atoms with E-state index >= 15 is 0 Å². The molecule has 6 nitrogen and oxygen atoms in total. The lowest BCUT2D eigenvalue weighted by molar-refractivity contribution is -0.142. The SMILES string of the molecule is CC(=O)NCCN(CCOc1ccc(Cl)cc1Cl)C(C)C(=O)O. The number of nitrogens with one attached hydrogen (secondary N) is 1. The Balaban J connectivity index is 2.55. The number of carbonyl (C=O) groups is 2. The van der Waals surface area contributed by atoms with Crippen molar-refractivity contribution >= 4 is 35.1 Å². The number of amides is 1. The lowest BCUT2D eigenvalue weighted by atomic mass is 10.3. The number of benzene rings is 1. The summed E-state index contributed by atoms with van der Waals surface area (Å²) in [5.74, 6) is -0.602. The van der Waals surface area contributed by atoms with Crippen molar-refractivity contribution in [2.75, 3.05) is 26.2 Å². The van der Waals surface area contributed by atoms with E-state index in [-0.39, 0.29) is 12.5 Å². The van der Waals surface area contributed by atoms with Gasteiger partial charge in [0.15, 0.2) is 0 Å². The predicted molar refractivity (Wildman–Crippen MR) is 89.3 cm³/mol. The molecule has 1 aromatic carbocycles. The smallest absolute Gasteiger partial charge is 0.320 e. The first-order valence-corrected chi connectivity index (χ1v) is 7.86. The number of rotatable bonds is 9. The monoisotopic (exact) mass is 362 g/mol. The van der Waals surface area contributed by atoms with Gasteiger partial charge in [-0.15, -0.1) is 0 Å². The van der Waals surface area contributed by atoms with Crippen LogP contribution in [0.3, 0.4) is 0 Å². The molecule has 0 aliphatic heterocycles. The summed E-state index contributed by atoms with van der Waals surface area (Å²) >= 11 is 11.8. The van der Waals surface area contributed by atoms with Crippen LogP contribution in [0.1, 0.15) is 13.8 Å². The molecule has 1 rings (SSSR count). The molecule has 1 amide bonds. The summed E-state index contributed by atoms with van der Waals surface area (Å²) in [6.45, 7) is 4.42. The summed E-state index contributed by atoms with van der Waals surface area (Å²) < 4.78 is 5.57. The fourth-order valence-corrected chi connectivity index (χ4v) is 2.36. The number of nitrogens with zero attached hydrogens (tertiary/aromatic N) is 1. The number of ether oxygens (including phenoxy) is 1. The largest absolute Gasteiger partial charge is 0.491 e. The van der Waals surface area contributed by atoms with E-state index in [1.165, 1.54) is 6.92 Å². The van der Waals surface area contributed by atoms with Crippen LogP contribution in [0, 0.1) is 0 Å². The van der Waals surface area contributed by atoms with Crippen LogP contribution in [0.25, 0.3) is 0 Å². The summed E-state index contributed by atoms with van der Waals surface area (Å²) in [5.41, 5.74) is 0. The fraction of sp³-hybridized carbons (Fsp3) is 0.467. The second-order valence-corrected chi connectivity index (χ2v) is 5.80. The van der Waals surface area contributed by atoms with Gasteiger partial charge in [-0.2, -0.15) is 0 Å². The normalized spacial score (nSPS) is 12.0. The third kappa shape index (κ3) is 7.07. The van der Waals surface area contributed by atoms with Gasteiger partial charge in [0.1, 0.15) is 18.4 Å². The predicted octanol–water partition coefficient (Wildman–Crippen LogP) is 2.28. The van der Waals surface area contributed by atoms with Crippen LogP contribution in [0.2, 0.25) is 10.0 Å². The van der Waals surface area contributed by atoms with Crippen LogP contribution in [0.15, 0.2) is 18.2 Å². The molecule has 23 heavy (non-hydrogen) atoms. The molecule has 0 aromatic heterocycles. The van der Waals surface area contributed by atoms with Crippen molar-refractivity contribution in [2.24, 2.45) is 0 Å². The molecule has 128 valence electrons. The molecule has 0 spiro atoms. The molecule has 0 saturated heterocycles. The molecular weight excluding hydrogens is 343 g/mol. The average Bonchev–Trinajstić information content (AvgIpc) is 2.46. The average molecular weight is 363 g/mol. The van der Waals surface area contributed by atoms with E-state index < -0.39 is 12.0 Å². The number of hydrogen-bond donors (Lipinski definition) is 2. The minimum absolute atomic E-state index is 0.155. The van der Waals surface area contributed by atoms with Gasteiger partial charge in [0.25, 0.3) is 0 Å². The maximum absolute atomic E-state index is 11.2. The topological polar surface area (TPSA) is 78.9 Å². The van der Waals surface area contributed by atoms with Crippen LogP contribution in [-0.2, 0) is 9.59 Å². The van der Waals surface area contributed by atoms with Crippen LogP contribution in [0.5, 0.6) is 5.75 Å². The number of carboxylic acids is 1. The Morgan fingerprint density at radius 1 is 1.35 bits per heavy atom. The van der Waals surface area contributed by atoms with E-state index in [9.17, 15) is 9.59 Å². The van der Waals surface area contributed by atoms with Crippen molar-refractivity contribution in [3.8, 4) is 5.75 Å². The third-order valence-corrected chi connectivity index (χ3v) is 3.74. The first-order chi connectivity index (χ1) is 10.8. The van der Waals surface area contributed by atoms with Gasteiger partial charge >= 0.3 is 5.97 Å². The third-order valence-electron chi connectivity index (χ3n) is 3.21. The molecule has 8 heteroatoms. The Kier molecular flexibility index (Phi) is 8.16. The number of aliphatic carboxylic acids is 1. The van der Waals surface area contributed by atoms with Gasteiger partial charge < -0.3 is 15.2 Å². The Bertz CT molecular complexity index is 554. The van der Waals surface area contributed by atoms with E-state index in [0.717, 1.165) is 0 Å². The summed E-state index contributed by atoms with van der Waals surface area (Å²) in [7, 11) is 0. The van der Waals surface area contributed by atoms with Crippen molar-refractivity contribution in [1.29, 1.82) is 0 Å². The summed E-state index contributed by atoms with van der Waals surface area (Å²) in [5, 5.41) is 12.7. The minimum atomic E-state index is -0.933. The zero-order valence-electron chi connectivity index (χ0n) is 13.0. The van der Waals surface area contributed by atoms with Gasteiger partial charge in [-0.25, -0.2) is 0 Å². The summed E-state index contributed by atoms with van der Waals surface area (Å²) in [6, 6.07) is 4.21. The Morgan fingerprint density at radius 3 is 2.61 bits per heavy atom. The van der Waals surface area contributed by atoms with E-state index in [0.29, 0.717) is 35.4 Å². The minimum Gasteiger partial charge on any atom is -0.491 e. The number of halogens is 2. The number of hydrogen-bond acceptors (Lipinski definition) is 4. The molecule has 1 unspecified atom stereocenters. The molecule has 0 bridgehead atoms. The fourth-order valence-electron chi connectivity index (χ4n) is 1.90. The number of carbonyl (C=O) groups excluding carboxylic acids is 1. The van der Waals surface area contributed by atoms with Gasteiger partial charge in [-0.05, 0) is 25.1 Å². The molecular formula is C15H20Cl2N2O4. The van der Waals surface area contributed by atoms with Crippen molar-refractivity contribution in [1.82, 2.24) is 10.2 Å². The lowest BCUT2D eigenvalue weighted by Gasteiger charge is -2.26. The van der Waals surface area contributed by atoms with Gasteiger partial charge in [0.2, 0.25) is 5.91 Å². The van der Waals surface area contributed by atoms with Crippen LogP contribution in [0.4, 0.5) is 0 Å². The molecule has 0 aliphatic carbocycles. The quantitative estimate of drug-likeness (QED) is 0.704. The van der Waals surface area contributed by atoms with E-state index in [2.05, 4.69) is 5.32 Å². The zero-order valence-corrected chi connectivity index (χ0v) is 14.5. The molecule has 0 fully saturated rings. The van der Waals surface area contributed by atoms with Crippen molar-refractivity contribution in [2.45, 2.75) is 19.9 Å². The van der Waals surface area contributed by atoms with E-state index in [1.807, 2.05) is 0 Å². The van der Waals surface area contributed by atoms with Gasteiger partial charge in [0, 0.05) is 31.6 Å². The highest BCUT2D eigenvalue weighted by atomic mass is 35.5. The molecule has 2 N–H and O–H groups in total. The Hall–Kier alpha value is -1.50. The van der Waals surface area contributed by atoms with Crippen molar-refractivity contribution < 1.29 is 19.4 Å². The maximum Gasteiger partial charge on any atom is 0.320 e. The second-order valence-electron chi connectivity index (χ2n) is 4.96. The highest BCUT2D eigenvalue weighted by Crippen LogP contribution is 2.27. The lowest BCUT2D eigenvalue weighted by Crippen LogP contribution is -2.45. The van der Waals surface area contributed by atoms with Crippen LogP contribution >= 0.6 is 23.2 Å². The van der Waals surface area contributed by atoms with Crippen LogP contribution < -0.4 is 10.1 Å². The number of carboxylic acid groups (broad SMARTS) is 1. The zero-order chi connectivity index (χ0) is 17.4. The Morgan fingerprint density at radius 2 is 2.04 bits per heavy atom. The van der Waals surface area contributed by atoms with Gasteiger partial charge in [-0.1, -0.05) is 23.2 Å². The molecule has 0 heterocycles. The van der Waals surface area contributed by atoms with Gasteiger partial charge in [-0.3, -0.25) is 14.5 Å². The highest BCUT2D eigenvalue weighted by Gasteiger charge is 2.20. The van der Waals surface area contributed by atoms with Gasteiger partial charge in [0.05, 0.1) is 5.02 Å². The second kappa shape index (κ2) is 9.60. The van der Waals surface area contributed by atoms with Crippen molar-refractivity contribution in [3.05, 3.63) is 28.2 Å². The molecule has 1 aromatic rings. The first-order valence-electron chi connectivity index (χ1n) is 7.10.